The van der Waals surface area contributed by atoms with Crippen LogP contribution in [0.2, 0.25) is 0 Å². The molecule has 0 heterocycles. The van der Waals surface area contributed by atoms with Crippen molar-refractivity contribution in [1.82, 2.24) is 0 Å². The summed E-state index contributed by atoms with van der Waals surface area (Å²) in [5.74, 6) is -2.05. The highest BCUT2D eigenvalue weighted by Crippen LogP contribution is 2.31. The van der Waals surface area contributed by atoms with Gasteiger partial charge in [0, 0.05) is 6.07 Å². The molecule has 9 heteroatoms. The average molecular weight is 363 g/mol. The van der Waals surface area contributed by atoms with Crippen LogP contribution in [0.4, 0.5) is 22.0 Å². The van der Waals surface area contributed by atoms with Crippen LogP contribution in [-0.4, -0.2) is 23.6 Å². The number of carbonyl (C=O) groups excluding carboxylic acids is 1. The van der Waals surface area contributed by atoms with Crippen LogP contribution in [0.1, 0.15) is 17.3 Å². The van der Waals surface area contributed by atoms with E-state index in [4.69, 9.17) is 0 Å². The van der Waals surface area contributed by atoms with E-state index in [1.807, 2.05) is 0 Å². The Balaban J connectivity index is 3.16. The molecule has 0 saturated carbocycles. The van der Waals surface area contributed by atoms with Crippen molar-refractivity contribution in [3.63, 3.8) is 0 Å². The maximum Gasteiger partial charge on any atom is 0.573 e. The molecule has 1 atom stereocenters. The highest BCUT2D eigenvalue weighted by atomic mass is 79.9. The molecule has 20 heavy (non-hydrogen) atoms. The third-order valence-corrected chi connectivity index (χ3v) is 2.45. The zero-order valence-electron chi connectivity index (χ0n) is 9.88. The van der Waals surface area contributed by atoms with Gasteiger partial charge in [0.25, 0.3) is 0 Å². The first kappa shape index (κ1) is 16.7. The Morgan fingerprint density at radius 2 is 1.90 bits per heavy atom. The molecule has 0 N–H and O–H groups in total. The van der Waals surface area contributed by atoms with E-state index in [1.54, 1.807) is 0 Å². The van der Waals surface area contributed by atoms with Gasteiger partial charge in [-0.2, -0.15) is 8.78 Å². The lowest BCUT2D eigenvalue weighted by Crippen LogP contribution is -2.18. The summed E-state index contributed by atoms with van der Waals surface area (Å²) >= 11 is 2.94. The van der Waals surface area contributed by atoms with Gasteiger partial charge in [0.15, 0.2) is 5.78 Å². The van der Waals surface area contributed by atoms with Crippen molar-refractivity contribution in [1.29, 1.82) is 0 Å². The Morgan fingerprint density at radius 3 is 2.35 bits per heavy atom. The molecule has 0 spiro atoms. The Morgan fingerprint density at radius 1 is 1.30 bits per heavy atom. The van der Waals surface area contributed by atoms with E-state index < -0.39 is 35.1 Å². The Bertz CT molecular complexity index is 487. The number of hydrogen-bond donors (Lipinski definition) is 0. The average Bonchev–Trinajstić information content (AvgIpc) is 2.25. The minimum Gasteiger partial charge on any atom is -0.434 e. The number of rotatable bonds is 5. The normalized spacial score (nSPS) is 13.2. The summed E-state index contributed by atoms with van der Waals surface area (Å²) in [6, 6.07) is 2.36. The molecule has 0 bridgehead atoms. The number of Topliss-reactive ketones (excluding diaryl/α,β-unsaturated/α-hetero) is 1. The maximum atomic E-state index is 12.2. The van der Waals surface area contributed by atoms with Crippen molar-refractivity contribution in [2.45, 2.75) is 24.7 Å². The number of hydrogen-bond acceptors (Lipinski definition) is 3. The molecule has 0 radical (unpaired) electrons. The largest absolute Gasteiger partial charge is 0.573 e. The van der Waals surface area contributed by atoms with Crippen LogP contribution in [0.15, 0.2) is 18.2 Å². The highest BCUT2D eigenvalue weighted by molar-refractivity contribution is 9.10. The molecule has 0 aliphatic heterocycles. The van der Waals surface area contributed by atoms with Crippen LogP contribution < -0.4 is 9.47 Å². The number of carbonyl (C=O) groups is 1. The van der Waals surface area contributed by atoms with E-state index in [1.165, 1.54) is 6.92 Å². The first-order valence-corrected chi connectivity index (χ1v) is 6.04. The van der Waals surface area contributed by atoms with Gasteiger partial charge < -0.3 is 9.47 Å². The second-order valence-corrected chi connectivity index (χ2v) is 4.94. The summed E-state index contributed by atoms with van der Waals surface area (Å²) in [6.07, 6.45) is -4.98. The Hall–Kier alpha value is -1.38. The Labute approximate surface area is 118 Å². The van der Waals surface area contributed by atoms with Gasteiger partial charge in [-0.1, -0.05) is 15.9 Å². The van der Waals surface area contributed by atoms with E-state index in [2.05, 4.69) is 25.4 Å². The number of benzene rings is 1. The fraction of sp³-hybridized carbons (Fsp3) is 0.364. The molecule has 0 amide bonds. The van der Waals surface area contributed by atoms with Gasteiger partial charge in [0.05, 0.1) is 10.4 Å². The molecule has 3 nitrogen and oxygen atoms in total. The molecular weight excluding hydrogens is 355 g/mol. The molecule has 1 unspecified atom stereocenters. The van der Waals surface area contributed by atoms with Crippen LogP contribution in [-0.2, 0) is 0 Å². The summed E-state index contributed by atoms with van der Waals surface area (Å²) in [6.45, 7) is -1.84. The smallest absolute Gasteiger partial charge is 0.434 e. The zero-order valence-corrected chi connectivity index (χ0v) is 11.5. The van der Waals surface area contributed by atoms with Gasteiger partial charge in [0.1, 0.15) is 11.5 Å². The third-order valence-electron chi connectivity index (χ3n) is 2.03. The zero-order chi connectivity index (χ0) is 15.5. The summed E-state index contributed by atoms with van der Waals surface area (Å²) in [4.78, 5) is 11.0. The SMILES string of the molecule is CC(Br)C(=O)c1ccc(OC(F)(F)F)cc1OC(F)F. The lowest BCUT2D eigenvalue weighted by Gasteiger charge is -2.14. The van der Waals surface area contributed by atoms with Crippen LogP contribution in [0, 0.1) is 0 Å². The van der Waals surface area contributed by atoms with Crippen LogP contribution in [0.25, 0.3) is 0 Å². The molecule has 0 aromatic heterocycles. The second kappa shape index (κ2) is 6.38. The van der Waals surface area contributed by atoms with Gasteiger partial charge >= 0.3 is 13.0 Å². The second-order valence-electron chi connectivity index (χ2n) is 3.56. The van der Waals surface area contributed by atoms with Crippen LogP contribution in [0.5, 0.6) is 11.5 Å². The van der Waals surface area contributed by atoms with Crippen molar-refractivity contribution in [3.05, 3.63) is 23.8 Å². The minimum absolute atomic E-state index is 0.274. The van der Waals surface area contributed by atoms with Gasteiger partial charge in [-0.15, -0.1) is 13.2 Å². The lowest BCUT2D eigenvalue weighted by atomic mass is 10.1. The highest BCUT2D eigenvalue weighted by Gasteiger charge is 2.32. The monoisotopic (exact) mass is 362 g/mol. The first-order valence-electron chi connectivity index (χ1n) is 5.13. The van der Waals surface area contributed by atoms with E-state index in [0.29, 0.717) is 6.07 Å². The molecule has 0 saturated heterocycles. The minimum atomic E-state index is -4.98. The van der Waals surface area contributed by atoms with Crippen LogP contribution >= 0.6 is 15.9 Å². The summed E-state index contributed by atoms with van der Waals surface area (Å²) < 4.78 is 68.2. The Kier molecular flexibility index (Phi) is 5.32. The standard InChI is InChI=1S/C11H8BrF5O3/c1-5(12)9(18)7-3-2-6(20-11(15,16)17)4-8(7)19-10(13)14/h2-5,10H,1H3. The number of halogens is 6. The summed E-state index contributed by atoms with van der Waals surface area (Å²) in [5, 5.41) is 0. The van der Waals surface area contributed by atoms with Gasteiger partial charge in [-0.25, -0.2) is 0 Å². The van der Waals surface area contributed by atoms with Crippen molar-refractivity contribution >= 4 is 21.7 Å². The molecule has 0 aliphatic carbocycles. The van der Waals surface area contributed by atoms with Gasteiger partial charge in [0.2, 0.25) is 0 Å². The van der Waals surface area contributed by atoms with Crippen molar-refractivity contribution in [3.8, 4) is 11.5 Å². The number of ether oxygens (including phenoxy) is 2. The quantitative estimate of drug-likeness (QED) is 0.448. The molecule has 0 fully saturated rings. The van der Waals surface area contributed by atoms with E-state index in [-0.39, 0.29) is 5.56 Å². The van der Waals surface area contributed by atoms with Crippen molar-refractivity contribution in [2.75, 3.05) is 0 Å². The number of alkyl halides is 6. The predicted octanol–water partition coefficient (Wildman–Crippen LogP) is 4.15. The molecule has 112 valence electrons. The van der Waals surface area contributed by atoms with Crippen LogP contribution in [0.3, 0.4) is 0 Å². The molecule has 1 aromatic rings. The lowest BCUT2D eigenvalue weighted by molar-refractivity contribution is -0.274. The predicted molar refractivity (Wildman–Crippen MR) is 62.5 cm³/mol. The van der Waals surface area contributed by atoms with Gasteiger partial charge in [-0.3, -0.25) is 4.79 Å². The topological polar surface area (TPSA) is 35.5 Å². The van der Waals surface area contributed by atoms with E-state index in [9.17, 15) is 26.7 Å². The van der Waals surface area contributed by atoms with Gasteiger partial charge in [-0.05, 0) is 19.1 Å². The van der Waals surface area contributed by atoms with Crippen molar-refractivity contribution < 1.29 is 36.2 Å². The molecule has 1 aromatic carbocycles. The summed E-state index contributed by atoms with van der Waals surface area (Å²) in [7, 11) is 0. The fourth-order valence-corrected chi connectivity index (χ4v) is 1.56. The van der Waals surface area contributed by atoms with E-state index >= 15 is 0 Å². The maximum absolute atomic E-state index is 12.2. The number of ketones is 1. The molecule has 1 rings (SSSR count). The molecule has 0 aliphatic rings. The summed E-state index contributed by atoms with van der Waals surface area (Å²) in [5.41, 5.74) is -0.274. The van der Waals surface area contributed by atoms with Crippen molar-refractivity contribution in [2.24, 2.45) is 0 Å². The molecular formula is C11H8BrF5O3. The first-order chi connectivity index (χ1) is 9.10. The van der Waals surface area contributed by atoms with E-state index in [0.717, 1.165) is 12.1 Å². The third kappa shape index (κ3) is 4.95. The fourth-order valence-electron chi connectivity index (χ4n) is 1.31.